The van der Waals surface area contributed by atoms with Gasteiger partial charge in [0, 0.05) is 20.8 Å². The third kappa shape index (κ3) is 4.18. The molecule has 108 valence electrons. The Morgan fingerprint density at radius 1 is 0.947 bits per heavy atom. The topological polar surface area (TPSA) is 108 Å². The molecule has 1 aliphatic rings. The zero-order valence-corrected chi connectivity index (χ0v) is 10.8. The summed E-state index contributed by atoms with van der Waals surface area (Å²) in [6.45, 7) is 3.00. The molecule has 1 heterocycles. The zero-order valence-electron chi connectivity index (χ0n) is 10.8. The monoisotopic (exact) mass is 276 g/mol. The summed E-state index contributed by atoms with van der Waals surface area (Å²) in [7, 11) is 0. The van der Waals surface area contributed by atoms with Crippen molar-refractivity contribution >= 4 is 17.9 Å². The number of hydrogen-bond acceptors (Lipinski definition) is 8. The SMILES string of the molecule is CC(=O)OC1[C@H](OC(C)=O)O[C@H](CO)[C@@H]1OC(C)=O. The highest BCUT2D eigenvalue weighted by atomic mass is 16.7. The summed E-state index contributed by atoms with van der Waals surface area (Å²) in [5, 5.41) is 9.16. The van der Waals surface area contributed by atoms with Crippen molar-refractivity contribution in [3.8, 4) is 0 Å². The van der Waals surface area contributed by atoms with Gasteiger partial charge < -0.3 is 24.1 Å². The van der Waals surface area contributed by atoms with Gasteiger partial charge in [0.1, 0.15) is 6.10 Å². The predicted octanol–water partition coefficient (Wildman–Crippen LogP) is -0.870. The number of aliphatic hydroxyl groups is 1. The molecule has 0 aliphatic carbocycles. The molecule has 0 aromatic heterocycles. The molecule has 0 spiro atoms. The molecule has 0 aromatic rings. The van der Waals surface area contributed by atoms with Gasteiger partial charge in [-0.1, -0.05) is 0 Å². The van der Waals surface area contributed by atoms with Crippen molar-refractivity contribution in [2.24, 2.45) is 0 Å². The Bertz CT molecular complexity index is 366. The van der Waals surface area contributed by atoms with Crippen molar-refractivity contribution in [2.75, 3.05) is 6.61 Å². The van der Waals surface area contributed by atoms with Crippen LogP contribution in [0.25, 0.3) is 0 Å². The number of carbonyl (C=O) groups is 3. The minimum Gasteiger partial charge on any atom is -0.455 e. The van der Waals surface area contributed by atoms with Crippen LogP contribution in [0, 0.1) is 0 Å². The third-order valence-corrected chi connectivity index (χ3v) is 2.33. The molecule has 1 unspecified atom stereocenters. The molecular weight excluding hydrogens is 260 g/mol. The summed E-state index contributed by atoms with van der Waals surface area (Å²) in [4.78, 5) is 33.0. The molecule has 8 heteroatoms. The van der Waals surface area contributed by atoms with Crippen LogP contribution in [0.3, 0.4) is 0 Å². The van der Waals surface area contributed by atoms with E-state index in [1.165, 1.54) is 6.92 Å². The molecule has 0 bridgehead atoms. The minimum atomic E-state index is -1.22. The van der Waals surface area contributed by atoms with E-state index in [1.807, 2.05) is 0 Å². The fourth-order valence-corrected chi connectivity index (χ4v) is 1.75. The number of esters is 3. The Morgan fingerprint density at radius 2 is 1.42 bits per heavy atom. The van der Waals surface area contributed by atoms with Gasteiger partial charge in [-0.05, 0) is 0 Å². The van der Waals surface area contributed by atoms with Crippen molar-refractivity contribution in [1.29, 1.82) is 0 Å². The van der Waals surface area contributed by atoms with Gasteiger partial charge in [-0.25, -0.2) is 0 Å². The van der Waals surface area contributed by atoms with Gasteiger partial charge in [-0.15, -0.1) is 0 Å². The molecule has 0 radical (unpaired) electrons. The molecular formula is C11H16O8. The van der Waals surface area contributed by atoms with E-state index in [0.29, 0.717) is 0 Å². The maximum absolute atomic E-state index is 11.0. The van der Waals surface area contributed by atoms with Crippen molar-refractivity contribution in [1.82, 2.24) is 0 Å². The smallest absolute Gasteiger partial charge is 0.305 e. The first kappa shape index (κ1) is 15.4. The maximum Gasteiger partial charge on any atom is 0.305 e. The van der Waals surface area contributed by atoms with E-state index in [9.17, 15) is 14.4 Å². The Kier molecular flexibility index (Phi) is 5.25. The van der Waals surface area contributed by atoms with Gasteiger partial charge in [-0.3, -0.25) is 14.4 Å². The Morgan fingerprint density at radius 3 is 1.84 bits per heavy atom. The summed E-state index contributed by atoms with van der Waals surface area (Å²) < 4.78 is 19.9. The van der Waals surface area contributed by atoms with E-state index >= 15 is 0 Å². The van der Waals surface area contributed by atoms with Gasteiger partial charge in [0.15, 0.2) is 6.10 Å². The van der Waals surface area contributed by atoms with Crippen molar-refractivity contribution in [3.05, 3.63) is 0 Å². The first-order chi connectivity index (χ1) is 8.85. The molecule has 1 fully saturated rings. The average molecular weight is 276 g/mol. The molecule has 8 nitrogen and oxygen atoms in total. The van der Waals surface area contributed by atoms with Crippen LogP contribution in [-0.4, -0.2) is 54.2 Å². The number of hydrogen-bond donors (Lipinski definition) is 1. The van der Waals surface area contributed by atoms with Gasteiger partial charge in [0.25, 0.3) is 0 Å². The lowest BCUT2D eigenvalue weighted by atomic mass is 10.1. The number of aliphatic hydroxyl groups excluding tert-OH is 1. The molecule has 4 atom stereocenters. The van der Waals surface area contributed by atoms with Crippen LogP contribution in [0.2, 0.25) is 0 Å². The first-order valence-corrected chi connectivity index (χ1v) is 5.63. The predicted molar refractivity (Wildman–Crippen MR) is 58.6 cm³/mol. The van der Waals surface area contributed by atoms with Gasteiger partial charge in [0.2, 0.25) is 12.4 Å². The molecule has 0 aromatic carbocycles. The minimum absolute atomic E-state index is 0.479. The highest BCUT2D eigenvalue weighted by Gasteiger charge is 2.50. The fourth-order valence-electron chi connectivity index (χ4n) is 1.75. The van der Waals surface area contributed by atoms with Crippen LogP contribution in [0.4, 0.5) is 0 Å². The van der Waals surface area contributed by atoms with Crippen LogP contribution < -0.4 is 0 Å². The van der Waals surface area contributed by atoms with Gasteiger partial charge >= 0.3 is 17.9 Å². The van der Waals surface area contributed by atoms with Crippen molar-refractivity contribution < 1.29 is 38.4 Å². The molecule has 1 rings (SSSR count). The molecule has 0 saturated carbocycles. The summed E-state index contributed by atoms with van der Waals surface area (Å²) in [6, 6.07) is 0. The van der Waals surface area contributed by atoms with E-state index in [-0.39, 0.29) is 0 Å². The summed E-state index contributed by atoms with van der Waals surface area (Å²) in [5.74, 6) is -1.93. The van der Waals surface area contributed by atoms with E-state index < -0.39 is 49.1 Å². The van der Waals surface area contributed by atoms with E-state index in [4.69, 9.17) is 24.1 Å². The van der Waals surface area contributed by atoms with Crippen LogP contribution in [-0.2, 0) is 33.3 Å². The quantitative estimate of drug-likeness (QED) is 0.521. The average Bonchev–Trinajstić information content (AvgIpc) is 2.55. The summed E-state index contributed by atoms with van der Waals surface area (Å²) >= 11 is 0. The largest absolute Gasteiger partial charge is 0.455 e. The Balaban J connectivity index is 2.90. The van der Waals surface area contributed by atoms with E-state index in [0.717, 1.165) is 13.8 Å². The first-order valence-electron chi connectivity index (χ1n) is 5.63. The maximum atomic E-state index is 11.0. The van der Waals surface area contributed by atoms with E-state index in [1.54, 1.807) is 0 Å². The van der Waals surface area contributed by atoms with Crippen LogP contribution in [0.5, 0.6) is 0 Å². The van der Waals surface area contributed by atoms with Crippen molar-refractivity contribution in [2.45, 2.75) is 45.4 Å². The molecule has 19 heavy (non-hydrogen) atoms. The van der Waals surface area contributed by atoms with Crippen molar-refractivity contribution in [3.63, 3.8) is 0 Å². The van der Waals surface area contributed by atoms with Gasteiger partial charge in [0.05, 0.1) is 6.61 Å². The van der Waals surface area contributed by atoms with Gasteiger partial charge in [-0.2, -0.15) is 0 Å². The zero-order chi connectivity index (χ0) is 14.6. The number of rotatable bonds is 4. The fraction of sp³-hybridized carbons (Fsp3) is 0.727. The molecule has 1 N–H and O–H groups in total. The molecule has 1 saturated heterocycles. The normalized spacial score (nSPS) is 29.7. The second-order valence-corrected chi connectivity index (χ2v) is 3.98. The van der Waals surface area contributed by atoms with E-state index in [2.05, 4.69) is 0 Å². The summed E-state index contributed by atoms with van der Waals surface area (Å²) in [6.07, 6.45) is -4.29. The molecule has 0 amide bonds. The lowest BCUT2D eigenvalue weighted by Gasteiger charge is -2.22. The second-order valence-electron chi connectivity index (χ2n) is 3.98. The Hall–Kier alpha value is -1.67. The lowest BCUT2D eigenvalue weighted by Crippen LogP contribution is -2.41. The standard InChI is InChI=1S/C11H16O8/c1-5(13)16-9-8(4-12)19-11(18-7(3)15)10(9)17-6(2)14/h8-12H,4H2,1-3H3/t8-,9+,10?,11-/m1/s1. The third-order valence-electron chi connectivity index (χ3n) is 2.33. The van der Waals surface area contributed by atoms with Crippen LogP contribution in [0.15, 0.2) is 0 Å². The second kappa shape index (κ2) is 6.48. The Labute approximate surface area is 109 Å². The van der Waals surface area contributed by atoms with Crippen LogP contribution >= 0.6 is 0 Å². The number of ether oxygens (including phenoxy) is 4. The lowest BCUT2D eigenvalue weighted by molar-refractivity contribution is -0.196. The summed E-state index contributed by atoms with van der Waals surface area (Å²) in [5.41, 5.74) is 0. The highest BCUT2D eigenvalue weighted by molar-refractivity contribution is 5.68. The number of carbonyl (C=O) groups excluding carboxylic acids is 3. The highest BCUT2D eigenvalue weighted by Crippen LogP contribution is 2.27. The molecule has 1 aliphatic heterocycles. The van der Waals surface area contributed by atoms with Crippen LogP contribution in [0.1, 0.15) is 20.8 Å².